The quantitative estimate of drug-likeness (QED) is 0.584. The van der Waals surface area contributed by atoms with Gasteiger partial charge in [-0.25, -0.2) is 4.79 Å². The number of hydrogen-bond donors (Lipinski definition) is 0. The normalized spacial score (nSPS) is 22.8. The molecule has 22 heavy (non-hydrogen) atoms. The molecule has 1 fully saturated rings. The van der Waals surface area contributed by atoms with Crippen molar-refractivity contribution in [3.8, 4) is 0 Å². The van der Waals surface area contributed by atoms with Crippen LogP contribution in [0.25, 0.3) is 0 Å². The third kappa shape index (κ3) is 3.57. The fraction of sp³-hybridized carbons (Fsp3) is 0.824. The Hall–Kier alpha value is -0.813. The van der Waals surface area contributed by atoms with Gasteiger partial charge >= 0.3 is 5.97 Å². The van der Waals surface area contributed by atoms with E-state index in [4.69, 9.17) is 9.16 Å². The maximum absolute atomic E-state index is 12.2. The Morgan fingerprint density at radius 3 is 2.64 bits per heavy atom. The zero-order chi connectivity index (χ0) is 16.5. The van der Waals surface area contributed by atoms with Crippen LogP contribution in [0.2, 0.25) is 18.1 Å². The Morgan fingerprint density at radius 2 is 2.05 bits per heavy atom. The molecule has 0 amide bonds. The summed E-state index contributed by atoms with van der Waals surface area (Å²) in [5.74, 6) is -0.129. The minimum atomic E-state index is -1.76. The molecule has 2 aliphatic heterocycles. The van der Waals surface area contributed by atoms with Gasteiger partial charge in [-0.3, -0.25) is 0 Å². The van der Waals surface area contributed by atoms with Gasteiger partial charge in [0.25, 0.3) is 0 Å². The maximum atomic E-state index is 12.2. The first-order chi connectivity index (χ1) is 10.2. The molecule has 0 bridgehead atoms. The van der Waals surface area contributed by atoms with E-state index in [1.165, 1.54) is 5.70 Å². The Balaban J connectivity index is 2.13. The first-order valence-electron chi connectivity index (χ1n) is 8.47. The van der Waals surface area contributed by atoms with E-state index < -0.39 is 8.32 Å². The molecule has 1 atom stereocenters. The summed E-state index contributed by atoms with van der Waals surface area (Å²) < 4.78 is 11.8. The monoisotopic (exact) mass is 325 g/mol. The fourth-order valence-electron chi connectivity index (χ4n) is 3.01. The second-order valence-electron chi connectivity index (χ2n) is 7.90. The number of hydrogen-bond acceptors (Lipinski definition) is 4. The smallest absolute Gasteiger partial charge is 0.335 e. The van der Waals surface area contributed by atoms with Gasteiger partial charge in [0.2, 0.25) is 0 Å². The second-order valence-corrected chi connectivity index (χ2v) is 12.7. The largest absolute Gasteiger partial charge is 0.463 e. The lowest BCUT2D eigenvalue weighted by Gasteiger charge is -2.38. The number of nitrogens with zero attached hydrogens (tertiary/aromatic N) is 1. The average Bonchev–Trinajstić information content (AvgIpc) is 2.78. The molecule has 5 heteroatoms. The van der Waals surface area contributed by atoms with Crippen LogP contribution in [0.5, 0.6) is 0 Å². The molecule has 1 saturated heterocycles. The average molecular weight is 326 g/mol. The lowest BCUT2D eigenvalue weighted by atomic mass is 10.0. The van der Waals surface area contributed by atoms with Crippen molar-refractivity contribution >= 4 is 14.3 Å². The van der Waals surface area contributed by atoms with Crippen molar-refractivity contribution in [2.75, 3.05) is 19.7 Å². The molecule has 0 aromatic carbocycles. The van der Waals surface area contributed by atoms with Crippen LogP contribution in [0.1, 0.15) is 47.0 Å². The van der Waals surface area contributed by atoms with E-state index in [0.29, 0.717) is 6.61 Å². The number of carbonyl (C=O) groups is 1. The van der Waals surface area contributed by atoms with Gasteiger partial charge in [-0.15, -0.1) is 0 Å². The van der Waals surface area contributed by atoms with Crippen LogP contribution < -0.4 is 0 Å². The van der Waals surface area contributed by atoms with Crippen LogP contribution >= 0.6 is 0 Å². The molecule has 2 heterocycles. The van der Waals surface area contributed by atoms with Gasteiger partial charge < -0.3 is 14.1 Å². The summed E-state index contributed by atoms with van der Waals surface area (Å²) in [6.45, 7) is 15.7. The maximum Gasteiger partial charge on any atom is 0.335 e. The summed E-state index contributed by atoms with van der Waals surface area (Å²) in [6, 6.07) is 0. The molecule has 0 unspecified atom stereocenters. The Morgan fingerprint density at radius 1 is 1.36 bits per heavy atom. The van der Waals surface area contributed by atoms with Gasteiger partial charge in [0, 0.05) is 25.2 Å². The summed E-state index contributed by atoms with van der Waals surface area (Å²) in [4.78, 5) is 14.5. The standard InChI is InChI=1S/C17H31NO3Si/c1-7-20-16(19)14-9-8-10-18-12-13(11-15(14)18)21-22(5,6)17(2,3)4/h13H,7-12H2,1-6H3/t13-/m0/s1. The Kier molecular flexibility index (Phi) is 5.07. The highest BCUT2D eigenvalue weighted by molar-refractivity contribution is 6.74. The number of carbonyl (C=O) groups excluding carboxylic acids is 1. The van der Waals surface area contributed by atoms with Gasteiger partial charge in [-0.1, -0.05) is 20.8 Å². The molecule has 0 radical (unpaired) electrons. The van der Waals surface area contributed by atoms with Crippen molar-refractivity contribution in [1.29, 1.82) is 0 Å². The zero-order valence-corrected chi connectivity index (χ0v) is 16.0. The van der Waals surface area contributed by atoms with Gasteiger partial charge in [0.1, 0.15) is 0 Å². The minimum absolute atomic E-state index is 0.129. The van der Waals surface area contributed by atoms with Gasteiger partial charge in [0.15, 0.2) is 8.32 Å². The predicted octanol–water partition coefficient (Wildman–Crippen LogP) is 3.69. The van der Waals surface area contributed by atoms with Crippen LogP contribution in [-0.4, -0.2) is 45.0 Å². The number of ether oxygens (including phenoxy) is 1. The van der Waals surface area contributed by atoms with Crippen LogP contribution in [0.4, 0.5) is 0 Å². The van der Waals surface area contributed by atoms with Gasteiger partial charge in [0.05, 0.1) is 18.3 Å². The van der Waals surface area contributed by atoms with E-state index in [0.717, 1.165) is 37.9 Å². The first-order valence-corrected chi connectivity index (χ1v) is 11.4. The number of rotatable bonds is 4. The Labute approximate surface area is 136 Å². The molecule has 0 N–H and O–H groups in total. The molecular weight excluding hydrogens is 294 g/mol. The van der Waals surface area contributed by atoms with Gasteiger partial charge in [-0.2, -0.15) is 0 Å². The summed E-state index contributed by atoms with van der Waals surface area (Å²) in [5.41, 5.74) is 2.06. The van der Waals surface area contributed by atoms with Crippen molar-refractivity contribution in [2.45, 2.75) is 71.2 Å². The summed E-state index contributed by atoms with van der Waals surface area (Å²) in [5, 5.41) is 0.217. The molecule has 0 aromatic rings. The van der Waals surface area contributed by atoms with E-state index in [2.05, 4.69) is 38.8 Å². The molecule has 126 valence electrons. The molecule has 0 spiro atoms. The fourth-order valence-corrected chi connectivity index (χ4v) is 4.35. The highest BCUT2D eigenvalue weighted by Crippen LogP contribution is 2.40. The molecule has 2 rings (SSSR count). The molecule has 0 aromatic heterocycles. The molecular formula is C17H31NO3Si. The second kappa shape index (κ2) is 6.36. The first kappa shape index (κ1) is 17.5. The van der Waals surface area contributed by atoms with E-state index in [1.54, 1.807) is 0 Å². The highest BCUT2D eigenvalue weighted by atomic mass is 28.4. The SMILES string of the molecule is CCOC(=O)C1=C2C[C@H](O[Si](C)(C)C(C)(C)C)CN2CCC1. The van der Waals surface area contributed by atoms with Crippen molar-refractivity contribution in [2.24, 2.45) is 0 Å². The molecule has 2 aliphatic rings. The topological polar surface area (TPSA) is 38.8 Å². The number of esters is 1. The summed E-state index contributed by atoms with van der Waals surface area (Å²) in [6.07, 6.45) is 2.96. The third-order valence-corrected chi connectivity index (χ3v) is 9.75. The van der Waals surface area contributed by atoms with Crippen LogP contribution in [0, 0.1) is 0 Å². The number of fused-ring (bicyclic) bond motifs is 1. The van der Waals surface area contributed by atoms with Crippen molar-refractivity contribution < 1.29 is 14.0 Å². The van der Waals surface area contributed by atoms with E-state index in [1.807, 2.05) is 6.92 Å². The zero-order valence-electron chi connectivity index (χ0n) is 15.0. The van der Waals surface area contributed by atoms with Crippen molar-refractivity contribution in [3.05, 3.63) is 11.3 Å². The molecule has 0 saturated carbocycles. The lowest BCUT2D eigenvalue weighted by Crippen LogP contribution is -2.44. The van der Waals surface area contributed by atoms with E-state index in [-0.39, 0.29) is 17.1 Å². The van der Waals surface area contributed by atoms with Crippen LogP contribution in [0.15, 0.2) is 11.3 Å². The van der Waals surface area contributed by atoms with Crippen molar-refractivity contribution in [3.63, 3.8) is 0 Å². The molecule has 0 aliphatic carbocycles. The van der Waals surface area contributed by atoms with Gasteiger partial charge in [-0.05, 0) is 37.9 Å². The molecule has 4 nitrogen and oxygen atoms in total. The van der Waals surface area contributed by atoms with Crippen molar-refractivity contribution in [1.82, 2.24) is 4.90 Å². The predicted molar refractivity (Wildman–Crippen MR) is 91.2 cm³/mol. The van der Waals surface area contributed by atoms with E-state index >= 15 is 0 Å². The lowest BCUT2D eigenvalue weighted by molar-refractivity contribution is -0.139. The van der Waals surface area contributed by atoms with Crippen LogP contribution in [-0.2, 0) is 14.0 Å². The summed E-state index contributed by atoms with van der Waals surface area (Å²) in [7, 11) is -1.76. The minimum Gasteiger partial charge on any atom is -0.463 e. The Bertz CT molecular complexity index is 465. The third-order valence-electron chi connectivity index (χ3n) is 5.22. The van der Waals surface area contributed by atoms with Crippen LogP contribution in [0.3, 0.4) is 0 Å². The van der Waals surface area contributed by atoms with E-state index in [9.17, 15) is 4.79 Å². The highest BCUT2D eigenvalue weighted by Gasteiger charge is 2.42. The summed E-state index contributed by atoms with van der Waals surface area (Å²) >= 11 is 0.